The van der Waals surface area contributed by atoms with Gasteiger partial charge in [-0.1, -0.05) is 80.1 Å². The van der Waals surface area contributed by atoms with Crippen LogP contribution >= 0.6 is 0 Å². The number of hydrogen-bond donors (Lipinski definition) is 11. The molecule has 0 aromatic heterocycles. The molecule has 1 heterocycles. The van der Waals surface area contributed by atoms with Crippen molar-refractivity contribution in [2.24, 2.45) is 11.8 Å². The number of nitrogens with one attached hydrogen (secondary N) is 10. The highest BCUT2D eigenvalue weighted by Gasteiger charge is 2.50. The maximum absolute atomic E-state index is 14.3. The number of likely N-dealkylation sites (tertiary alicyclic amines) is 1. The average molecular weight is 1100 g/mol. The molecule has 2 aliphatic rings. The van der Waals surface area contributed by atoms with Crippen molar-refractivity contribution >= 4 is 59.1 Å². The predicted molar refractivity (Wildman–Crippen MR) is 299 cm³/mol. The first kappa shape index (κ1) is 68.7. The van der Waals surface area contributed by atoms with Crippen molar-refractivity contribution in [2.75, 3.05) is 32.8 Å². The van der Waals surface area contributed by atoms with Crippen molar-refractivity contribution < 1.29 is 53.1 Å². The molecule has 446 valence electrons. The summed E-state index contributed by atoms with van der Waals surface area (Å²) in [6, 6.07) is -4.17. The summed E-state index contributed by atoms with van der Waals surface area (Å²) in [7, 11) is 0. The summed E-state index contributed by atoms with van der Waals surface area (Å²) in [5, 5.41) is 37.2. The fourth-order valence-corrected chi connectivity index (χ4v) is 9.33. The number of nitrogens with zero attached hydrogens (tertiary/aromatic N) is 1. The van der Waals surface area contributed by atoms with Gasteiger partial charge in [0.2, 0.25) is 59.1 Å². The average Bonchev–Trinajstić information content (AvgIpc) is 3.83. The second-order valence-electron chi connectivity index (χ2n) is 24.1. The smallest absolute Gasteiger partial charge is 0.246 e. The molecule has 0 aromatic carbocycles. The van der Waals surface area contributed by atoms with Crippen LogP contribution in [0.5, 0.6) is 0 Å². The van der Waals surface area contributed by atoms with Crippen LogP contribution in [0.3, 0.4) is 0 Å². The van der Waals surface area contributed by atoms with Crippen molar-refractivity contribution in [2.45, 2.75) is 252 Å². The Morgan fingerprint density at radius 3 is 1.73 bits per heavy atom. The molecule has 0 spiro atoms. The van der Waals surface area contributed by atoms with E-state index in [9.17, 15) is 47.9 Å². The van der Waals surface area contributed by atoms with Crippen molar-refractivity contribution in [3.05, 3.63) is 0 Å². The van der Waals surface area contributed by atoms with Crippen LogP contribution in [-0.4, -0.2) is 154 Å². The Labute approximate surface area is 464 Å². The molecule has 22 nitrogen and oxygen atoms in total. The fraction of sp³-hybridized carbons (Fsp3) is 0.821. The Kier molecular flexibility index (Phi) is 28.8. The summed E-state index contributed by atoms with van der Waals surface area (Å²) < 4.78 is 0. The van der Waals surface area contributed by atoms with E-state index in [0.29, 0.717) is 71.0 Å². The first-order valence-electron chi connectivity index (χ1n) is 28.8. The molecule has 5 atom stereocenters. The number of aliphatic hydroxyl groups excluding tert-OH is 1. The van der Waals surface area contributed by atoms with Crippen molar-refractivity contribution in [1.82, 2.24) is 58.1 Å². The van der Waals surface area contributed by atoms with E-state index >= 15 is 0 Å². The van der Waals surface area contributed by atoms with Crippen LogP contribution in [0.2, 0.25) is 0 Å². The van der Waals surface area contributed by atoms with E-state index in [-0.39, 0.29) is 68.5 Å². The first-order valence-corrected chi connectivity index (χ1v) is 28.8. The lowest BCUT2D eigenvalue weighted by atomic mass is 9.75. The number of aliphatic hydroxyl groups is 1. The molecule has 0 radical (unpaired) electrons. The van der Waals surface area contributed by atoms with Gasteiger partial charge < -0.3 is 63.2 Å². The fourth-order valence-electron chi connectivity index (χ4n) is 9.33. The highest BCUT2D eigenvalue weighted by molar-refractivity contribution is 6.01. The molecule has 2 fully saturated rings. The second kappa shape index (κ2) is 32.6. The SMILES string of the molecule is CCCCCCCC[C@H](NC(=O)C(C)(C)NC(=O)C(C)(C)NC(=O)C1(NC(=O)[C@@H]2CCCN2C(=O)CCC)CCC1)C(=O)N[C@@H](CC(C)C)C(=O)NC(C)(C)C(=O)N[C@@H](CC(C)C)C(=O)NCCC(=O)N[C@@H](C)CNCCO. The number of hydrogen-bond acceptors (Lipinski definition) is 12. The van der Waals surface area contributed by atoms with Crippen LogP contribution in [0.4, 0.5) is 0 Å². The highest BCUT2D eigenvalue weighted by Crippen LogP contribution is 2.34. The zero-order valence-electron chi connectivity index (χ0n) is 49.6. The Hall–Kier alpha value is -5.38. The molecule has 11 N–H and O–H groups in total. The number of carbonyl (C=O) groups is 10. The maximum atomic E-state index is 14.3. The maximum Gasteiger partial charge on any atom is 0.246 e. The largest absolute Gasteiger partial charge is 0.395 e. The van der Waals surface area contributed by atoms with Crippen LogP contribution in [0.15, 0.2) is 0 Å². The zero-order valence-corrected chi connectivity index (χ0v) is 49.6. The zero-order chi connectivity index (χ0) is 59.0. The summed E-state index contributed by atoms with van der Waals surface area (Å²) in [5.41, 5.74) is -6.05. The minimum atomic E-state index is -1.62. The minimum absolute atomic E-state index is 0.00350. The monoisotopic (exact) mass is 1100 g/mol. The van der Waals surface area contributed by atoms with Crippen LogP contribution in [-0.2, 0) is 47.9 Å². The Morgan fingerprint density at radius 2 is 1.17 bits per heavy atom. The van der Waals surface area contributed by atoms with Gasteiger partial charge in [0, 0.05) is 45.1 Å². The molecule has 10 amide bonds. The van der Waals surface area contributed by atoms with Gasteiger partial charge in [0.05, 0.1) is 6.61 Å². The molecule has 2 rings (SSSR count). The van der Waals surface area contributed by atoms with Gasteiger partial charge in [-0.05, 0) is 118 Å². The number of unbranched alkanes of at least 4 members (excludes halogenated alkanes) is 5. The van der Waals surface area contributed by atoms with Gasteiger partial charge in [0.1, 0.15) is 46.3 Å². The topological polar surface area (TPSA) is 314 Å². The van der Waals surface area contributed by atoms with Crippen molar-refractivity contribution in [1.29, 1.82) is 0 Å². The lowest BCUT2D eigenvalue weighted by Gasteiger charge is -2.44. The molecule has 1 saturated heterocycles. The van der Waals surface area contributed by atoms with Gasteiger partial charge in [-0.2, -0.15) is 0 Å². The summed E-state index contributed by atoms with van der Waals surface area (Å²) >= 11 is 0. The van der Waals surface area contributed by atoms with E-state index in [1.165, 1.54) is 41.5 Å². The summed E-state index contributed by atoms with van der Waals surface area (Å²) in [6.45, 7) is 23.5. The third-order valence-corrected chi connectivity index (χ3v) is 14.3. The van der Waals surface area contributed by atoms with Crippen LogP contribution in [0, 0.1) is 11.8 Å². The van der Waals surface area contributed by atoms with Gasteiger partial charge in [-0.3, -0.25) is 47.9 Å². The van der Waals surface area contributed by atoms with Crippen LogP contribution in [0.25, 0.3) is 0 Å². The minimum Gasteiger partial charge on any atom is -0.395 e. The Morgan fingerprint density at radius 1 is 0.603 bits per heavy atom. The Bertz CT molecular complexity index is 2020. The highest BCUT2D eigenvalue weighted by atomic mass is 16.3. The van der Waals surface area contributed by atoms with Crippen molar-refractivity contribution in [3.8, 4) is 0 Å². The van der Waals surface area contributed by atoms with Crippen LogP contribution in [0.1, 0.15) is 199 Å². The number of amides is 10. The van der Waals surface area contributed by atoms with E-state index in [2.05, 4.69) is 60.1 Å². The molecular weight excluding hydrogens is 1000 g/mol. The molecule has 1 aliphatic carbocycles. The van der Waals surface area contributed by atoms with Gasteiger partial charge in [-0.25, -0.2) is 0 Å². The first-order chi connectivity index (χ1) is 36.4. The predicted octanol–water partition coefficient (Wildman–Crippen LogP) is 2.39. The molecule has 1 saturated carbocycles. The lowest BCUT2D eigenvalue weighted by Crippen LogP contribution is -2.70. The second-order valence-corrected chi connectivity index (χ2v) is 24.1. The normalized spacial score (nSPS) is 16.9. The molecule has 1 aliphatic heterocycles. The molecule has 22 heteroatoms. The van der Waals surface area contributed by atoms with E-state index in [0.717, 1.165) is 32.1 Å². The van der Waals surface area contributed by atoms with E-state index in [1.54, 1.807) is 4.90 Å². The molecule has 0 unspecified atom stereocenters. The number of carbonyl (C=O) groups excluding carboxylic acids is 10. The molecule has 0 bridgehead atoms. The summed E-state index contributed by atoms with van der Waals surface area (Å²) in [6.07, 6.45) is 9.49. The molecule has 0 aromatic rings. The van der Waals surface area contributed by atoms with Crippen molar-refractivity contribution in [3.63, 3.8) is 0 Å². The summed E-state index contributed by atoms with van der Waals surface area (Å²) in [5.74, 6) is -5.35. The van der Waals surface area contributed by atoms with Gasteiger partial charge in [0.15, 0.2) is 0 Å². The molecule has 78 heavy (non-hydrogen) atoms. The number of rotatable bonds is 36. The van der Waals surface area contributed by atoms with Gasteiger partial charge >= 0.3 is 0 Å². The van der Waals surface area contributed by atoms with E-state index in [1.807, 2.05) is 41.5 Å². The van der Waals surface area contributed by atoms with E-state index < -0.39 is 93.6 Å². The van der Waals surface area contributed by atoms with E-state index in [4.69, 9.17) is 5.11 Å². The third kappa shape index (κ3) is 22.8. The van der Waals surface area contributed by atoms with Gasteiger partial charge in [0.25, 0.3) is 0 Å². The Balaban J connectivity index is 2.21. The standard InChI is InChI=1S/C56H101N11O11/c1-14-16-17-18-19-20-24-39(61-50(76)54(10,11)65-51(77)55(12,13)66-52(78)56(27-22-28-56)64-48(74)42-25-21-31-67(42)44(70)23-15-2)46(72)60-41(34-37(5)6)47(73)63-53(8,9)49(75)62-40(33-36(3)4)45(71)58-29-26-43(69)59-38(7)35-57-30-32-68/h36-42,57,68H,14-35H2,1-13H3,(H,58,71)(H,59,69)(H,60,72)(H,61,76)(H,62,75)(H,63,73)(H,64,74)(H,65,77)(H,66,78)/t38-,39-,40-,41-,42-/m0/s1. The third-order valence-electron chi connectivity index (χ3n) is 14.3. The van der Waals surface area contributed by atoms with Gasteiger partial charge in [-0.15, -0.1) is 0 Å². The molecular formula is C56H101N11O11. The van der Waals surface area contributed by atoms with Crippen LogP contribution < -0.4 is 53.2 Å². The quantitative estimate of drug-likeness (QED) is 0.0403. The summed E-state index contributed by atoms with van der Waals surface area (Å²) in [4.78, 5) is 138. The lowest BCUT2D eigenvalue weighted by molar-refractivity contribution is -0.145.